The van der Waals surface area contributed by atoms with E-state index in [1.165, 1.54) is 13.2 Å². The quantitative estimate of drug-likeness (QED) is 0.832. The van der Waals surface area contributed by atoms with Crippen LogP contribution in [-0.4, -0.2) is 12.3 Å². The molecule has 5 nitrogen and oxygen atoms in total. The highest BCUT2D eigenvalue weighted by molar-refractivity contribution is 6.42. The lowest BCUT2D eigenvalue weighted by Gasteiger charge is -2.09. The predicted molar refractivity (Wildman–Crippen MR) is 77.6 cm³/mol. The van der Waals surface area contributed by atoms with E-state index in [0.29, 0.717) is 27.9 Å². The zero-order chi connectivity index (χ0) is 14.5. The number of allylic oxidation sites excluding steroid dienone is 1. The minimum atomic E-state index is -0.274. The van der Waals surface area contributed by atoms with Gasteiger partial charge in [0.15, 0.2) is 0 Å². The summed E-state index contributed by atoms with van der Waals surface area (Å²) in [4.78, 5) is 15.9. The number of rotatable bonds is 5. The van der Waals surface area contributed by atoms with Gasteiger partial charge in [0.05, 0.1) is 22.9 Å². The SMILES string of the molecule is CONC(=CCc1cc(=O)[nH]o1)c1ccc(Cl)c(Cl)c1. The number of aromatic amines is 1. The Morgan fingerprint density at radius 1 is 1.40 bits per heavy atom. The number of hydrogen-bond acceptors (Lipinski definition) is 4. The molecule has 2 N–H and O–H groups in total. The Hall–Kier alpha value is -1.69. The number of nitrogens with one attached hydrogen (secondary N) is 2. The first kappa shape index (κ1) is 14.7. The first-order chi connectivity index (χ1) is 9.60. The van der Waals surface area contributed by atoms with Crippen molar-refractivity contribution >= 4 is 28.9 Å². The summed E-state index contributed by atoms with van der Waals surface area (Å²) in [6.45, 7) is 0. The third-order valence-electron chi connectivity index (χ3n) is 2.52. The van der Waals surface area contributed by atoms with Gasteiger partial charge in [-0.05, 0) is 12.1 Å². The topological polar surface area (TPSA) is 67.3 Å². The molecule has 2 rings (SSSR count). The lowest BCUT2D eigenvalue weighted by Crippen LogP contribution is -2.10. The minimum absolute atomic E-state index is 0.274. The van der Waals surface area contributed by atoms with Crippen molar-refractivity contribution in [2.45, 2.75) is 6.42 Å². The van der Waals surface area contributed by atoms with Crippen LogP contribution in [0.4, 0.5) is 0 Å². The molecule has 1 heterocycles. The molecule has 0 aliphatic rings. The number of halogens is 2. The summed E-state index contributed by atoms with van der Waals surface area (Å²) in [6.07, 6.45) is 2.24. The van der Waals surface area contributed by atoms with Crippen molar-refractivity contribution in [3.05, 3.63) is 62.1 Å². The van der Waals surface area contributed by atoms with Crippen LogP contribution in [-0.2, 0) is 11.3 Å². The number of hydrogen-bond donors (Lipinski definition) is 2. The van der Waals surface area contributed by atoms with E-state index in [-0.39, 0.29) is 5.56 Å². The third kappa shape index (κ3) is 3.66. The Bertz CT molecular complexity index is 676. The fraction of sp³-hybridized carbons (Fsp3) is 0.154. The predicted octanol–water partition coefficient (Wildman–Crippen LogP) is 3.01. The molecular weight excluding hydrogens is 303 g/mol. The average Bonchev–Trinajstić information content (AvgIpc) is 2.84. The van der Waals surface area contributed by atoms with Gasteiger partial charge in [-0.3, -0.25) is 15.1 Å². The second-order valence-corrected chi connectivity index (χ2v) is 4.75. The summed E-state index contributed by atoms with van der Waals surface area (Å²) in [5, 5.41) is 3.15. The van der Waals surface area contributed by atoms with Crippen LogP contribution in [0.5, 0.6) is 0 Å². The van der Waals surface area contributed by atoms with Crippen molar-refractivity contribution in [3.63, 3.8) is 0 Å². The molecule has 1 aromatic carbocycles. The van der Waals surface area contributed by atoms with Crippen molar-refractivity contribution in [3.8, 4) is 0 Å². The minimum Gasteiger partial charge on any atom is -0.383 e. The molecule has 0 aliphatic carbocycles. The zero-order valence-electron chi connectivity index (χ0n) is 10.6. The van der Waals surface area contributed by atoms with Crippen molar-refractivity contribution in [2.75, 3.05) is 7.11 Å². The lowest BCUT2D eigenvalue weighted by atomic mass is 10.1. The van der Waals surface area contributed by atoms with Crippen LogP contribution in [0.15, 0.2) is 39.7 Å². The van der Waals surface area contributed by atoms with Gasteiger partial charge in [0.2, 0.25) is 0 Å². The van der Waals surface area contributed by atoms with E-state index < -0.39 is 0 Å². The number of aromatic nitrogens is 1. The van der Waals surface area contributed by atoms with Crippen LogP contribution in [0.25, 0.3) is 5.70 Å². The Labute approximate surface area is 125 Å². The molecule has 0 amide bonds. The number of H-pyrrole nitrogens is 1. The summed E-state index contributed by atoms with van der Waals surface area (Å²) in [6, 6.07) is 6.60. The van der Waals surface area contributed by atoms with Crippen molar-refractivity contribution < 1.29 is 9.36 Å². The van der Waals surface area contributed by atoms with E-state index in [1.807, 2.05) is 6.08 Å². The van der Waals surface area contributed by atoms with Crippen LogP contribution in [0, 0.1) is 0 Å². The number of hydroxylamine groups is 1. The van der Waals surface area contributed by atoms with E-state index in [9.17, 15) is 4.79 Å². The highest BCUT2D eigenvalue weighted by Crippen LogP contribution is 2.25. The van der Waals surface area contributed by atoms with Gasteiger partial charge in [-0.2, -0.15) is 5.16 Å². The lowest BCUT2D eigenvalue weighted by molar-refractivity contribution is 0.136. The second-order valence-electron chi connectivity index (χ2n) is 3.94. The molecule has 106 valence electrons. The fourth-order valence-electron chi connectivity index (χ4n) is 1.62. The summed E-state index contributed by atoms with van der Waals surface area (Å²) in [5.74, 6) is 0.519. The van der Waals surface area contributed by atoms with Gasteiger partial charge >= 0.3 is 0 Å². The van der Waals surface area contributed by atoms with Crippen molar-refractivity contribution in [1.29, 1.82) is 0 Å². The monoisotopic (exact) mass is 314 g/mol. The van der Waals surface area contributed by atoms with E-state index in [1.54, 1.807) is 18.2 Å². The Balaban J connectivity index is 2.25. The summed E-state index contributed by atoms with van der Waals surface area (Å²) in [5.41, 5.74) is 3.97. The smallest absolute Gasteiger partial charge is 0.280 e. The first-order valence-electron chi connectivity index (χ1n) is 5.72. The molecule has 2 aromatic rings. The maximum Gasteiger partial charge on any atom is 0.280 e. The van der Waals surface area contributed by atoms with Gasteiger partial charge in [0.1, 0.15) is 5.76 Å². The van der Waals surface area contributed by atoms with E-state index >= 15 is 0 Å². The standard InChI is InChI=1S/C13H12Cl2N2O3/c1-19-16-12(5-3-9-7-13(18)17-20-9)8-2-4-10(14)11(15)6-8/h2,4-7,16H,3H2,1H3,(H,17,18). The third-order valence-corrected chi connectivity index (χ3v) is 3.26. The van der Waals surface area contributed by atoms with Crippen LogP contribution in [0.2, 0.25) is 10.0 Å². The Morgan fingerprint density at radius 2 is 2.20 bits per heavy atom. The highest BCUT2D eigenvalue weighted by atomic mass is 35.5. The maximum absolute atomic E-state index is 11.0. The second kappa shape index (κ2) is 6.65. The van der Waals surface area contributed by atoms with Gasteiger partial charge in [-0.1, -0.05) is 35.3 Å². The summed E-state index contributed by atoms with van der Waals surface area (Å²) < 4.78 is 4.97. The van der Waals surface area contributed by atoms with Gasteiger partial charge in [-0.25, -0.2) is 0 Å². The molecule has 0 radical (unpaired) electrons. The van der Waals surface area contributed by atoms with Crippen LogP contribution in [0.3, 0.4) is 0 Å². The summed E-state index contributed by atoms with van der Waals surface area (Å²) in [7, 11) is 1.50. The van der Waals surface area contributed by atoms with Gasteiger partial charge in [0, 0.05) is 18.1 Å². The van der Waals surface area contributed by atoms with Gasteiger partial charge in [0.25, 0.3) is 5.56 Å². The number of benzene rings is 1. The molecule has 0 fully saturated rings. The zero-order valence-corrected chi connectivity index (χ0v) is 12.1. The van der Waals surface area contributed by atoms with Gasteiger partial charge in [-0.15, -0.1) is 0 Å². The van der Waals surface area contributed by atoms with E-state index in [4.69, 9.17) is 32.6 Å². The highest BCUT2D eigenvalue weighted by Gasteiger charge is 2.06. The molecule has 0 bridgehead atoms. The summed E-state index contributed by atoms with van der Waals surface area (Å²) >= 11 is 11.9. The molecule has 0 spiro atoms. The van der Waals surface area contributed by atoms with Crippen LogP contribution >= 0.6 is 23.2 Å². The molecule has 7 heteroatoms. The van der Waals surface area contributed by atoms with E-state index in [0.717, 1.165) is 5.56 Å². The molecule has 20 heavy (non-hydrogen) atoms. The van der Waals surface area contributed by atoms with E-state index in [2.05, 4.69) is 10.6 Å². The molecule has 0 saturated heterocycles. The average molecular weight is 315 g/mol. The fourth-order valence-corrected chi connectivity index (χ4v) is 1.91. The molecule has 0 aliphatic heterocycles. The maximum atomic E-state index is 11.0. The van der Waals surface area contributed by atoms with Crippen molar-refractivity contribution in [2.24, 2.45) is 0 Å². The van der Waals surface area contributed by atoms with Gasteiger partial charge < -0.3 is 4.52 Å². The molecule has 1 aromatic heterocycles. The Morgan fingerprint density at radius 3 is 2.80 bits per heavy atom. The molecule has 0 unspecified atom stereocenters. The molecule has 0 saturated carbocycles. The first-order valence-corrected chi connectivity index (χ1v) is 6.47. The van der Waals surface area contributed by atoms with Crippen LogP contribution < -0.4 is 11.0 Å². The van der Waals surface area contributed by atoms with Crippen LogP contribution in [0.1, 0.15) is 11.3 Å². The normalized spacial score (nSPS) is 11.7. The van der Waals surface area contributed by atoms with Crippen molar-refractivity contribution in [1.82, 2.24) is 10.6 Å². The molecule has 0 atom stereocenters. The molecular formula is C13H12Cl2N2O3. The Kier molecular flexibility index (Phi) is 4.89. The largest absolute Gasteiger partial charge is 0.383 e.